The molecule has 3 rings (SSSR count). The molecule has 4 amide bonds. The van der Waals surface area contributed by atoms with Crippen LogP contribution in [-0.4, -0.2) is 41.0 Å². The van der Waals surface area contributed by atoms with Gasteiger partial charge in [0.2, 0.25) is 5.91 Å². The van der Waals surface area contributed by atoms with Gasteiger partial charge in [0.15, 0.2) is 6.61 Å². The van der Waals surface area contributed by atoms with Crippen LogP contribution >= 0.6 is 11.8 Å². The van der Waals surface area contributed by atoms with E-state index in [0.29, 0.717) is 17.0 Å². The van der Waals surface area contributed by atoms with E-state index in [0.717, 1.165) is 22.2 Å². The van der Waals surface area contributed by atoms with Gasteiger partial charge in [-0.05, 0) is 54.1 Å². The van der Waals surface area contributed by atoms with Crippen LogP contribution in [0.25, 0.3) is 6.08 Å². The lowest BCUT2D eigenvalue weighted by molar-refractivity contribution is -0.127. The molecule has 8 nitrogen and oxygen atoms in total. The Morgan fingerprint density at radius 2 is 1.83 bits per heavy atom. The normalized spacial score (nSPS) is 14.8. The van der Waals surface area contributed by atoms with Crippen molar-refractivity contribution < 1.29 is 23.9 Å². The third kappa shape index (κ3) is 5.26. The summed E-state index contributed by atoms with van der Waals surface area (Å²) in [5.74, 6) is -1.12. The van der Waals surface area contributed by atoms with Gasteiger partial charge in [0.25, 0.3) is 17.1 Å². The molecular weight excluding hydrogens is 406 g/mol. The average molecular weight is 425 g/mol. The highest BCUT2D eigenvalue weighted by Gasteiger charge is 2.36. The quantitative estimate of drug-likeness (QED) is 0.658. The van der Waals surface area contributed by atoms with Gasteiger partial charge in [-0.3, -0.25) is 24.1 Å². The van der Waals surface area contributed by atoms with Gasteiger partial charge in [-0.25, -0.2) is 0 Å². The Morgan fingerprint density at radius 1 is 1.13 bits per heavy atom. The molecule has 0 saturated carbocycles. The first kappa shape index (κ1) is 21.1. The number of carbonyl (C=O) groups is 4. The first-order valence-electron chi connectivity index (χ1n) is 8.95. The van der Waals surface area contributed by atoms with Crippen molar-refractivity contribution in [3.63, 3.8) is 0 Å². The van der Waals surface area contributed by atoms with E-state index < -0.39 is 23.0 Å². The first-order valence-corrected chi connectivity index (χ1v) is 9.77. The first-order chi connectivity index (χ1) is 14.3. The molecule has 2 aromatic carbocycles. The maximum absolute atomic E-state index is 12.6. The number of hydrogen-bond acceptors (Lipinski definition) is 6. The zero-order chi connectivity index (χ0) is 21.7. The van der Waals surface area contributed by atoms with Crippen LogP contribution in [0.4, 0.5) is 10.5 Å². The maximum atomic E-state index is 12.6. The van der Waals surface area contributed by atoms with Gasteiger partial charge in [0.1, 0.15) is 12.3 Å². The van der Waals surface area contributed by atoms with E-state index in [1.807, 2.05) is 19.1 Å². The summed E-state index contributed by atoms with van der Waals surface area (Å²) in [4.78, 5) is 49.0. The maximum Gasteiger partial charge on any atom is 0.294 e. The summed E-state index contributed by atoms with van der Waals surface area (Å²) in [7, 11) is 0. The molecule has 1 fully saturated rings. The largest absolute Gasteiger partial charge is 0.484 e. The predicted octanol–water partition coefficient (Wildman–Crippen LogP) is 2.53. The molecule has 0 aromatic heterocycles. The number of primary amides is 1. The highest BCUT2D eigenvalue weighted by atomic mass is 32.2. The lowest BCUT2D eigenvalue weighted by Gasteiger charge is -2.13. The van der Waals surface area contributed by atoms with E-state index in [1.54, 1.807) is 42.5 Å². The van der Waals surface area contributed by atoms with Crippen LogP contribution in [0.3, 0.4) is 0 Å². The highest BCUT2D eigenvalue weighted by Crippen LogP contribution is 2.32. The summed E-state index contributed by atoms with van der Waals surface area (Å²) in [5, 5.41) is 2.20. The van der Waals surface area contributed by atoms with E-state index in [1.165, 1.54) is 0 Å². The van der Waals surface area contributed by atoms with Gasteiger partial charge >= 0.3 is 0 Å². The minimum absolute atomic E-state index is 0.217. The Balaban J connectivity index is 1.64. The van der Waals surface area contributed by atoms with Crippen LogP contribution in [-0.2, 0) is 14.4 Å². The number of thioether (sulfide) groups is 1. The molecule has 30 heavy (non-hydrogen) atoms. The Morgan fingerprint density at radius 3 is 2.50 bits per heavy atom. The Bertz CT molecular complexity index is 1030. The van der Waals surface area contributed by atoms with E-state index in [-0.39, 0.29) is 18.1 Å². The van der Waals surface area contributed by atoms with Gasteiger partial charge in [-0.2, -0.15) is 0 Å². The number of nitrogens with one attached hydrogen (secondary N) is 1. The summed E-state index contributed by atoms with van der Waals surface area (Å²) in [6, 6.07) is 13.8. The molecule has 0 unspecified atom stereocenters. The predicted molar refractivity (Wildman–Crippen MR) is 114 cm³/mol. The van der Waals surface area contributed by atoms with Crippen molar-refractivity contribution in [1.82, 2.24) is 4.90 Å². The Hall–Kier alpha value is -3.59. The number of benzene rings is 2. The fourth-order valence-electron chi connectivity index (χ4n) is 2.65. The van der Waals surface area contributed by atoms with Crippen LogP contribution in [0.1, 0.15) is 11.1 Å². The van der Waals surface area contributed by atoms with E-state index in [2.05, 4.69) is 5.32 Å². The molecule has 0 atom stereocenters. The zero-order valence-corrected chi connectivity index (χ0v) is 16.9. The molecule has 1 aliphatic heterocycles. The van der Waals surface area contributed by atoms with Gasteiger partial charge in [0.05, 0.1) is 4.91 Å². The zero-order valence-electron chi connectivity index (χ0n) is 16.1. The third-order valence-electron chi connectivity index (χ3n) is 4.15. The highest BCUT2D eigenvalue weighted by molar-refractivity contribution is 8.18. The molecule has 154 valence electrons. The van der Waals surface area contributed by atoms with Crippen molar-refractivity contribution in [1.29, 1.82) is 0 Å². The number of nitrogens with zero attached hydrogens (tertiary/aromatic N) is 1. The molecule has 9 heteroatoms. The third-order valence-corrected chi connectivity index (χ3v) is 5.06. The molecule has 2 aromatic rings. The number of hydrogen-bond donors (Lipinski definition) is 2. The van der Waals surface area contributed by atoms with E-state index >= 15 is 0 Å². The summed E-state index contributed by atoms with van der Waals surface area (Å²) in [5.41, 5.74) is 7.20. The van der Waals surface area contributed by atoms with Gasteiger partial charge in [-0.15, -0.1) is 0 Å². The smallest absolute Gasteiger partial charge is 0.294 e. The van der Waals surface area contributed by atoms with Gasteiger partial charge < -0.3 is 15.8 Å². The standard InChI is InChI=1S/C21H19N3O5S/c1-13-4-2-3-5-16(13)23-19(26)11-24-20(27)17(30-21(24)28)10-14-6-8-15(9-7-14)29-12-18(22)25/h2-10H,11-12H2,1H3,(H2,22,25)(H,23,26)/b17-10-. The number of para-hydroxylation sites is 1. The van der Waals surface area contributed by atoms with Crippen molar-refractivity contribution >= 4 is 46.5 Å². The van der Waals surface area contributed by atoms with Crippen LogP contribution < -0.4 is 15.8 Å². The minimum atomic E-state index is -0.584. The van der Waals surface area contributed by atoms with Crippen molar-refractivity contribution in [2.24, 2.45) is 5.73 Å². The minimum Gasteiger partial charge on any atom is -0.484 e. The van der Waals surface area contributed by atoms with Crippen LogP contribution in [0.2, 0.25) is 0 Å². The fraction of sp³-hybridized carbons (Fsp3) is 0.143. The number of ether oxygens (including phenoxy) is 1. The van der Waals surface area contributed by atoms with E-state index in [9.17, 15) is 19.2 Å². The molecular formula is C21H19N3O5S. The Labute approximate surface area is 177 Å². The number of rotatable bonds is 7. The number of carbonyl (C=O) groups excluding carboxylic acids is 4. The second-order valence-electron chi connectivity index (χ2n) is 6.45. The topological polar surface area (TPSA) is 119 Å². The molecule has 0 bridgehead atoms. The number of anilines is 1. The number of nitrogens with two attached hydrogens (primary N) is 1. The molecule has 1 saturated heterocycles. The summed E-state index contributed by atoms with van der Waals surface area (Å²) >= 11 is 0.773. The van der Waals surface area contributed by atoms with Crippen molar-refractivity contribution in [3.05, 3.63) is 64.6 Å². The number of aryl methyl sites for hydroxylation is 1. The molecule has 0 spiro atoms. The summed E-state index contributed by atoms with van der Waals surface area (Å²) in [6.45, 7) is 1.25. The second-order valence-corrected chi connectivity index (χ2v) is 7.45. The van der Waals surface area contributed by atoms with Crippen LogP contribution in [0.15, 0.2) is 53.4 Å². The van der Waals surface area contributed by atoms with E-state index in [4.69, 9.17) is 10.5 Å². The van der Waals surface area contributed by atoms with Gasteiger partial charge in [0, 0.05) is 5.69 Å². The monoisotopic (exact) mass is 425 g/mol. The second kappa shape index (κ2) is 9.27. The van der Waals surface area contributed by atoms with Crippen molar-refractivity contribution in [3.8, 4) is 5.75 Å². The van der Waals surface area contributed by atoms with Crippen LogP contribution in [0, 0.1) is 6.92 Å². The molecule has 3 N–H and O–H groups in total. The fourth-order valence-corrected chi connectivity index (χ4v) is 3.49. The summed E-state index contributed by atoms with van der Waals surface area (Å²) in [6.07, 6.45) is 1.56. The molecule has 1 heterocycles. The molecule has 0 radical (unpaired) electrons. The summed E-state index contributed by atoms with van der Waals surface area (Å²) < 4.78 is 5.17. The van der Waals surface area contributed by atoms with Gasteiger partial charge in [-0.1, -0.05) is 30.3 Å². The Kier molecular flexibility index (Phi) is 6.53. The lowest BCUT2D eigenvalue weighted by atomic mass is 10.2. The molecule has 1 aliphatic rings. The van der Waals surface area contributed by atoms with Crippen molar-refractivity contribution in [2.75, 3.05) is 18.5 Å². The lowest BCUT2D eigenvalue weighted by Crippen LogP contribution is -2.36. The number of imide groups is 1. The van der Waals surface area contributed by atoms with Crippen molar-refractivity contribution in [2.45, 2.75) is 6.92 Å². The average Bonchev–Trinajstić information content (AvgIpc) is 2.96. The number of amides is 4. The SMILES string of the molecule is Cc1ccccc1NC(=O)CN1C(=O)S/C(=C\c2ccc(OCC(N)=O)cc2)C1=O. The molecule has 0 aliphatic carbocycles. The van der Waals surface area contributed by atoms with Crippen LogP contribution in [0.5, 0.6) is 5.75 Å².